The highest BCUT2D eigenvalue weighted by atomic mass is 16.5. The Hall–Kier alpha value is -0.120. The zero-order valence-corrected chi connectivity index (χ0v) is 6.96. The molecule has 0 rings (SSSR count). The molecule has 0 aromatic carbocycles. The van der Waals surface area contributed by atoms with Crippen LogP contribution in [0.3, 0.4) is 0 Å². The molecule has 0 fully saturated rings. The molecular weight excluding hydrogens is 144 g/mol. The third kappa shape index (κ3) is 9.88. The highest BCUT2D eigenvalue weighted by Crippen LogP contribution is 1.94. The molecule has 0 bridgehead atoms. The van der Waals surface area contributed by atoms with Crippen LogP contribution in [0, 0.1) is 0 Å². The van der Waals surface area contributed by atoms with Crippen LogP contribution in [-0.4, -0.2) is 36.6 Å². The molecule has 2 N–H and O–H groups in total. The van der Waals surface area contributed by atoms with Crippen molar-refractivity contribution in [2.45, 2.75) is 25.7 Å². The number of rotatable bonds is 8. The Balaban J connectivity index is 2.69. The molecule has 0 heterocycles. The Kier molecular flexibility index (Phi) is 9.77. The first-order valence-electron chi connectivity index (χ1n) is 4.21. The first kappa shape index (κ1) is 10.9. The molecule has 0 spiro atoms. The number of aliphatic hydroxyl groups is 2. The van der Waals surface area contributed by atoms with Crippen molar-refractivity contribution >= 4 is 0 Å². The Morgan fingerprint density at radius 2 is 1.36 bits per heavy atom. The van der Waals surface area contributed by atoms with E-state index in [1.807, 2.05) is 0 Å². The first-order chi connectivity index (χ1) is 5.41. The van der Waals surface area contributed by atoms with E-state index in [0.717, 1.165) is 32.3 Å². The number of ether oxygens (including phenoxy) is 1. The molecule has 11 heavy (non-hydrogen) atoms. The molecule has 0 aromatic heterocycles. The fourth-order valence-electron chi connectivity index (χ4n) is 0.761. The van der Waals surface area contributed by atoms with Crippen molar-refractivity contribution < 1.29 is 14.9 Å². The molecule has 0 amide bonds. The average molecular weight is 162 g/mol. The number of hydrogen-bond donors (Lipinski definition) is 2. The lowest BCUT2D eigenvalue weighted by molar-refractivity contribution is 0.111. The predicted molar refractivity (Wildman–Crippen MR) is 43.5 cm³/mol. The maximum Gasteiger partial charge on any atom is 0.0487 e. The maximum absolute atomic E-state index is 8.43. The molecular formula is C8H18O3. The van der Waals surface area contributed by atoms with Gasteiger partial charge in [-0.1, -0.05) is 0 Å². The van der Waals surface area contributed by atoms with Gasteiger partial charge in [-0.3, -0.25) is 0 Å². The standard InChI is InChI=1S/C8H18O3/c9-5-2-1-3-7-11-8-4-6-10/h9-10H,1-8H2. The highest BCUT2D eigenvalue weighted by Gasteiger charge is 1.88. The molecule has 0 radical (unpaired) electrons. The van der Waals surface area contributed by atoms with E-state index in [2.05, 4.69) is 0 Å². The minimum atomic E-state index is 0.205. The second-order valence-electron chi connectivity index (χ2n) is 2.47. The molecule has 3 heteroatoms. The number of aliphatic hydroxyl groups excluding tert-OH is 2. The topological polar surface area (TPSA) is 49.7 Å². The third-order valence-corrected chi connectivity index (χ3v) is 1.39. The molecule has 0 atom stereocenters. The summed E-state index contributed by atoms with van der Waals surface area (Å²) in [5.41, 5.74) is 0. The van der Waals surface area contributed by atoms with Crippen LogP contribution < -0.4 is 0 Å². The smallest absolute Gasteiger partial charge is 0.0487 e. The van der Waals surface area contributed by atoms with E-state index >= 15 is 0 Å². The van der Waals surface area contributed by atoms with Gasteiger partial charge in [0.2, 0.25) is 0 Å². The largest absolute Gasteiger partial charge is 0.396 e. The van der Waals surface area contributed by atoms with E-state index in [-0.39, 0.29) is 13.2 Å². The molecule has 0 unspecified atom stereocenters. The summed E-state index contributed by atoms with van der Waals surface area (Å²) in [6, 6.07) is 0. The lowest BCUT2D eigenvalue weighted by atomic mass is 10.2. The quantitative estimate of drug-likeness (QED) is 0.512. The summed E-state index contributed by atoms with van der Waals surface area (Å²) in [4.78, 5) is 0. The van der Waals surface area contributed by atoms with Crippen molar-refractivity contribution in [1.82, 2.24) is 0 Å². The molecule has 0 saturated carbocycles. The Labute approximate surface area is 68.0 Å². The van der Waals surface area contributed by atoms with Gasteiger partial charge in [-0.25, -0.2) is 0 Å². The molecule has 68 valence electrons. The molecule has 0 aliphatic heterocycles. The summed E-state index contributed by atoms with van der Waals surface area (Å²) in [5, 5.41) is 16.8. The minimum Gasteiger partial charge on any atom is -0.396 e. The van der Waals surface area contributed by atoms with E-state index in [4.69, 9.17) is 14.9 Å². The van der Waals surface area contributed by atoms with Gasteiger partial charge in [0.15, 0.2) is 0 Å². The monoisotopic (exact) mass is 162 g/mol. The Morgan fingerprint density at radius 1 is 0.727 bits per heavy atom. The van der Waals surface area contributed by atoms with E-state index < -0.39 is 0 Å². The van der Waals surface area contributed by atoms with Gasteiger partial charge < -0.3 is 14.9 Å². The van der Waals surface area contributed by atoms with Crippen molar-refractivity contribution in [1.29, 1.82) is 0 Å². The zero-order chi connectivity index (χ0) is 8.36. The van der Waals surface area contributed by atoms with Gasteiger partial charge in [-0.2, -0.15) is 0 Å². The zero-order valence-electron chi connectivity index (χ0n) is 6.96. The van der Waals surface area contributed by atoms with Gasteiger partial charge in [0.1, 0.15) is 0 Å². The highest BCUT2D eigenvalue weighted by molar-refractivity contribution is 4.39. The normalized spacial score (nSPS) is 10.4. The fourth-order valence-corrected chi connectivity index (χ4v) is 0.761. The second kappa shape index (κ2) is 9.88. The lowest BCUT2D eigenvalue weighted by Crippen LogP contribution is -1.99. The Bertz CT molecular complexity index is 58.4. The van der Waals surface area contributed by atoms with E-state index in [9.17, 15) is 0 Å². The van der Waals surface area contributed by atoms with Gasteiger partial charge in [0.05, 0.1) is 0 Å². The maximum atomic E-state index is 8.43. The van der Waals surface area contributed by atoms with Crippen molar-refractivity contribution in [3.05, 3.63) is 0 Å². The average Bonchev–Trinajstić information content (AvgIpc) is 2.03. The molecule has 0 aliphatic carbocycles. The summed E-state index contributed by atoms with van der Waals surface area (Å²) in [7, 11) is 0. The van der Waals surface area contributed by atoms with Gasteiger partial charge >= 0.3 is 0 Å². The first-order valence-corrected chi connectivity index (χ1v) is 4.21. The molecule has 0 aliphatic rings. The molecule has 0 saturated heterocycles. The van der Waals surface area contributed by atoms with E-state index in [1.54, 1.807) is 0 Å². The van der Waals surface area contributed by atoms with Gasteiger partial charge in [0, 0.05) is 26.4 Å². The van der Waals surface area contributed by atoms with Crippen LogP contribution in [0.5, 0.6) is 0 Å². The van der Waals surface area contributed by atoms with Gasteiger partial charge in [-0.05, 0) is 25.7 Å². The summed E-state index contributed by atoms with van der Waals surface area (Å²) in [6.45, 7) is 1.88. The molecule has 3 nitrogen and oxygen atoms in total. The van der Waals surface area contributed by atoms with Crippen molar-refractivity contribution in [2.24, 2.45) is 0 Å². The van der Waals surface area contributed by atoms with Crippen molar-refractivity contribution in [3.63, 3.8) is 0 Å². The summed E-state index contributed by atoms with van der Waals surface area (Å²) in [6.07, 6.45) is 3.62. The van der Waals surface area contributed by atoms with Gasteiger partial charge in [0.25, 0.3) is 0 Å². The van der Waals surface area contributed by atoms with Crippen LogP contribution in [0.2, 0.25) is 0 Å². The van der Waals surface area contributed by atoms with Crippen molar-refractivity contribution in [2.75, 3.05) is 26.4 Å². The lowest BCUT2D eigenvalue weighted by Gasteiger charge is -2.01. The fraction of sp³-hybridized carbons (Fsp3) is 1.00. The third-order valence-electron chi connectivity index (χ3n) is 1.39. The van der Waals surface area contributed by atoms with Crippen LogP contribution in [0.15, 0.2) is 0 Å². The Morgan fingerprint density at radius 3 is 2.00 bits per heavy atom. The van der Waals surface area contributed by atoms with Crippen LogP contribution >= 0.6 is 0 Å². The molecule has 0 aromatic rings. The van der Waals surface area contributed by atoms with Crippen LogP contribution in [0.1, 0.15) is 25.7 Å². The number of hydrogen-bond acceptors (Lipinski definition) is 3. The minimum absolute atomic E-state index is 0.205. The number of unbranched alkanes of at least 4 members (excludes halogenated alkanes) is 2. The van der Waals surface area contributed by atoms with E-state index in [1.165, 1.54) is 0 Å². The predicted octanol–water partition coefficient (Wildman–Crippen LogP) is 0.548. The summed E-state index contributed by atoms with van der Waals surface area (Å²) < 4.78 is 5.18. The summed E-state index contributed by atoms with van der Waals surface area (Å²) in [5.74, 6) is 0. The van der Waals surface area contributed by atoms with Gasteiger partial charge in [-0.15, -0.1) is 0 Å². The van der Waals surface area contributed by atoms with Crippen LogP contribution in [0.25, 0.3) is 0 Å². The van der Waals surface area contributed by atoms with Crippen LogP contribution in [0.4, 0.5) is 0 Å². The van der Waals surface area contributed by atoms with E-state index in [0.29, 0.717) is 6.61 Å². The van der Waals surface area contributed by atoms with Crippen molar-refractivity contribution in [3.8, 4) is 0 Å². The second-order valence-corrected chi connectivity index (χ2v) is 2.47. The summed E-state index contributed by atoms with van der Waals surface area (Å²) >= 11 is 0. The van der Waals surface area contributed by atoms with Crippen LogP contribution in [-0.2, 0) is 4.74 Å². The SMILES string of the molecule is OCCCCCOCCCO.